The molecule has 0 spiro atoms. The van der Waals surface area contributed by atoms with E-state index < -0.39 is 17.7 Å². The van der Waals surface area contributed by atoms with Crippen LogP contribution < -0.4 is 14.5 Å². The Morgan fingerprint density at radius 1 is 0.946 bits per heavy atom. The van der Waals surface area contributed by atoms with Crippen molar-refractivity contribution < 1.29 is 24.5 Å². The molecule has 1 aliphatic heterocycles. The molecule has 1 aliphatic rings. The number of amides is 1. The zero-order chi connectivity index (χ0) is 26.5. The minimum absolute atomic E-state index is 0.00469. The van der Waals surface area contributed by atoms with Crippen LogP contribution in [0, 0.1) is 0 Å². The van der Waals surface area contributed by atoms with Crippen molar-refractivity contribution in [1.82, 2.24) is 0 Å². The number of nitrogens with zero attached hydrogens (tertiary/aromatic N) is 2. The van der Waals surface area contributed by atoms with Gasteiger partial charge in [0.05, 0.1) is 18.2 Å². The van der Waals surface area contributed by atoms with Crippen LogP contribution in [0.3, 0.4) is 0 Å². The van der Waals surface area contributed by atoms with Gasteiger partial charge in [0.1, 0.15) is 17.3 Å². The minimum Gasteiger partial charge on any atom is -0.508 e. The van der Waals surface area contributed by atoms with E-state index in [1.165, 1.54) is 17.0 Å². The number of hydrogen-bond donors (Lipinski definition) is 2. The van der Waals surface area contributed by atoms with Gasteiger partial charge in [0.15, 0.2) is 0 Å². The Kier molecular flexibility index (Phi) is 7.82. The van der Waals surface area contributed by atoms with Crippen LogP contribution in [0.25, 0.3) is 5.76 Å². The maximum Gasteiger partial charge on any atom is 0.300 e. The van der Waals surface area contributed by atoms with Crippen LogP contribution >= 0.6 is 0 Å². The van der Waals surface area contributed by atoms with E-state index in [4.69, 9.17) is 4.74 Å². The van der Waals surface area contributed by atoms with Crippen molar-refractivity contribution in [2.75, 3.05) is 29.5 Å². The molecule has 192 valence electrons. The zero-order valence-electron chi connectivity index (χ0n) is 21.3. The Balaban J connectivity index is 1.84. The number of carbonyl (C=O) groups is 2. The molecule has 1 amide bonds. The van der Waals surface area contributed by atoms with E-state index in [0.717, 1.165) is 25.2 Å². The first kappa shape index (κ1) is 25.8. The van der Waals surface area contributed by atoms with Crippen molar-refractivity contribution in [1.29, 1.82) is 0 Å². The fraction of sp³-hybridized carbons (Fsp3) is 0.267. The third-order valence-electron chi connectivity index (χ3n) is 6.47. The zero-order valence-corrected chi connectivity index (χ0v) is 21.3. The molecule has 37 heavy (non-hydrogen) atoms. The molecule has 0 radical (unpaired) electrons. The molecule has 4 rings (SSSR count). The number of phenolic OH excluding ortho intramolecular Hbond substituents is 1. The number of anilines is 2. The maximum atomic E-state index is 13.4. The topological polar surface area (TPSA) is 90.3 Å². The van der Waals surface area contributed by atoms with Gasteiger partial charge in [-0.1, -0.05) is 31.2 Å². The van der Waals surface area contributed by atoms with Crippen molar-refractivity contribution >= 4 is 28.8 Å². The van der Waals surface area contributed by atoms with Crippen LogP contribution in [0.1, 0.15) is 44.4 Å². The first-order valence-electron chi connectivity index (χ1n) is 12.6. The van der Waals surface area contributed by atoms with E-state index in [9.17, 15) is 19.8 Å². The summed E-state index contributed by atoms with van der Waals surface area (Å²) in [4.78, 5) is 30.3. The number of rotatable bonds is 9. The molecule has 0 bridgehead atoms. The lowest BCUT2D eigenvalue weighted by Crippen LogP contribution is -2.29. The van der Waals surface area contributed by atoms with Crippen molar-refractivity contribution in [3.8, 4) is 11.5 Å². The summed E-state index contributed by atoms with van der Waals surface area (Å²) in [5, 5.41) is 21.5. The van der Waals surface area contributed by atoms with Gasteiger partial charge in [-0.15, -0.1) is 0 Å². The summed E-state index contributed by atoms with van der Waals surface area (Å²) in [5.74, 6) is -1.28. The van der Waals surface area contributed by atoms with Gasteiger partial charge in [0.25, 0.3) is 11.7 Å². The number of hydrogen-bond acceptors (Lipinski definition) is 6. The molecular formula is C30H32N2O5. The number of carbonyl (C=O) groups excluding carboxylic acids is 2. The molecule has 1 saturated heterocycles. The van der Waals surface area contributed by atoms with Crippen molar-refractivity contribution in [2.45, 2.75) is 33.2 Å². The summed E-state index contributed by atoms with van der Waals surface area (Å²) in [6, 6.07) is 19.7. The van der Waals surface area contributed by atoms with Crippen LogP contribution in [0.5, 0.6) is 11.5 Å². The molecule has 2 N–H and O–H groups in total. The van der Waals surface area contributed by atoms with Crippen molar-refractivity contribution in [3.05, 3.63) is 89.5 Å². The number of aromatic hydroxyl groups is 1. The summed E-state index contributed by atoms with van der Waals surface area (Å²) >= 11 is 0. The van der Waals surface area contributed by atoms with Gasteiger partial charge in [-0.25, -0.2) is 0 Å². The van der Waals surface area contributed by atoms with E-state index in [1.54, 1.807) is 48.5 Å². The van der Waals surface area contributed by atoms with Crippen molar-refractivity contribution in [3.63, 3.8) is 0 Å². The summed E-state index contributed by atoms with van der Waals surface area (Å²) in [6.45, 7) is 8.33. The molecule has 0 aliphatic carbocycles. The van der Waals surface area contributed by atoms with E-state index in [2.05, 4.69) is 18.7 Å². The van der Waals surface area contributed by atoms with Crippen LogP contribution in [-0.2, 0) is 9.59 Å². The Labute approximate surface area is 217 Å². The molecule has 7 nitrogen and oxygen atoms in total. The Morgan fingerprint density at radius 3 is 2.30 bits per heavy atom. The lowest BCUT2D eigenvalue weighted by Gasteiger charge is -2.27. The van der Waals surface area contributed by atoms with Gasteiger partial charge in [-0.2, -0.15) is 0 Å². The molecule has 7 heteroatoms. The lowest BCUT2D eigenvalue weighted by atomic mass is 9.95. The third kappa shape index (κ3) is 5.16. The number of ketones is 1. The number of benzene rings is 3. The van der Waals surface area contributed by atoms with Crippen molar-refractivity contribution in [2.24, 2.45) is 0 Å². The van der Waals surface area contributed by atoms with Crippen LogP contribution in [0.15, 0.2) is 78.4 Å². The standard InChI is InChI=1S/C30H32N2O5/c1-4-17-37-25-12-8-10-21(19-25)28(34)26-27(20-9-7-11-24(33)18-20)32(30(36)29(26)35)23-15-13-22(14-16-23)31(5-2)6-3/h7-16,18-19,27,33-34H,4-6,17H2,1-3H3/b28-26-. The first-order chi connectivity index (χ1) is 17.9. The van der Waals surface area contributed by atoms with Gasteiger partial charge >= 0.3 is 0 Å². The first-order valence-corrected chi connectivity index (χ1v) is 12.6. The highest BCUT2D eigenvalue weighted by Crippen LogP contribution is 2.43. The molecule has 0 saturated carbocycles. The number of aliphatic hydroxyl groups is 1. The molecule has 1 unspecified atom stereocenters. The highest BCUT2D eigenvalue weighted by Gasteiger charge is 2.47. The average Bonchev–Trinajstić information content (AvgIpc) is 3.18. The SMILES string of the molecule is CCCOc1cccc(/C(O)=C2/C(=O)C(=O)N(c3ccc(N(CC)CC)cc3)C2c2cccc(O)c2)c1. The predicted octanol–water partition coefficient (Wildman–Crippen LogP) is 5.65. The molecule has 1 heterocycles. The van der Waals surface area contributed by atoms with Gasteiger partial charge in [-0.05, 0) is 74.4 Å². The van der Waals surface area contributed by atoms with Gasteiger partial charge < -0.3 is 19.8 Å². The third-order valence-corrected chi connectivity index (χ3v) is 6.47. The Bertz CT molecular complexity index is 1310. The summed E-state index contributed by atoms with van der Waals surface area (Å²) < 4.78 is 5.69. The monoisotopic (exact) mass is 500 g/mol. The van der Waals surface area contributed by atoms with Gasteiger partial charge in [0, 0.05) is 30.0 Å². The highest BCUT2D eigenvalue weighted by molar-refractivity contribution is 6.51. The fourth-order valence-electron chi connectivity index (χ4n) is 4.63. The largest absolute Gasteiger partial charge is 0.508 e. The molecular weight excluding hydrogens is 468 g/mol. The number of phenols is 1. The van der Waals surface area contributed by atoms with Crippen LogP contribution in [-0.4, -0.2) is 41.6 Å². The van der Waals surface area contributed by atoms with Crippen LogP contribution in [0.2, 0.25) is 0 Å². The normalized spacial score (nSPS) is 16.7. The molecule has 3 aromatic rings. The number of aliphatic hydroxyl groups excluding tert-OH is 1. The molecule has 1 atom stereocenters. The number of Topliss-reactive ketones (excluding diaryl/α,β-unsaturated/α-hetero) is 1. The molecule has 3 aromatic carbocycles. The van der Waals surface area contributed by atoms with Crippen LogP contribution in [0.4, 0.5) is 11.4 Å². The van der Waals surface area contributed by atoms with E-state index in [0.29, 0.717) is 29.2 Å². The smallest absolute Gasteiger partial charge is 0.300 e. The summed E-state index contributed by atoms with van der Waals surface area (Å²) in [5.41, 5.74) is 2.35. The summed E-state index contributed by atoms with van der Waals surface area (Å²) in [7, 11) is 0. The van der Waals surface area contributed by atoms with E-state index >= 15 is 0 Å². The number of ether oxygens (including phenoxy) is 1. The highest BCUT2D eigenvalue weighted by atomic mass is 16.5. The quantitative estimate of drug-likeness (QED) is 0.224. The van der Waals surface area contributed by atoms with E-state index in [1.807, 2.05) is 19.1 Å². The fourth-order valence-corrected chi connectivity index (χ4v) is 4.63. The second-order valence-electron chi connectivity index (χ2n) is 8.83. The second-order valence-corrected chi connectivity index (χ2v) is 8.83. The minimum atomic E-state index is -0.924. The lowest BCUT2D eigenvalue weighted by molar-refractivity contribution is -0.132. The molecule has 0 aromatic heterocycles. The maximum absolute atomic E-state index is 13.4. The Morgan fingerprint density at radius 2 is 1.65 bits per heavy atom. The predicted molar refractivity (Wildman–Crippen MR) is 145 cm³/mol. The summed E-state index contributed by atoms with van der Waals surface area (Å²) in [6.07, 6.45) is 0.825. The van der Waals surface area contributed by atoms with Gasteiger partial charge in [0.2, 0.25) is 0 Å². The Hall–Kier alpha value is -4.26. The average molecular weight is 501 g/mol. The van der Waals surface area contributed by atoms with Gasteiger partial charge in [-0.3, -0.25) is 14.5 Å². The van der Waals surface area contributed by atoms with E-state index in [-0.39, 0.29) is 17.1 Å². The second kappa shape index (κ2) is 11.2. The molecule has 1 fully saturated rings.